The molecule has 0 fully saturated rings. The maximum atomic E-state index is 11.4. The molecule has 1 amide bonds. The summed E-state index contributed by atoms with van der Waals surface area (Å²) in [7, 11) is 0. The number of oxazole rings is 1. The van der Waals surface area contributed by atoms with Gasteiger partial charge in [0, 0.05) is 5.56 Å². The minimum atomic E-state index is -0.273. The smallest absolute Gasteiger partial charge is 0.322 e. The highest BCUT2D eigenvalue weighted by atomic mass is 32.2. The summed E-state index contributed by atoms with van der Waals surface area (Å²) in [6.07, 6.45) is 8.18. The van der Waals surface area contributed by atoms with E-state index < -0.39 is 0 Å². The van der Waals surface area contributed by atoms with Crippen LogP contribution in [0, 0.1) is 0 Å². The highest BCUT2D eigenvalue weighted by molar-refractivity contribution is 8.00. The van der Waals surface area contributed by atoms with Gasteiger partial charge in [0.2, 0.25) is 0 Å². The Kier molecular flexibility index (Phi) is 4.79. The van der Waals surface area contributed by atoms with Gasteiger partial charge in [-0.3, -0.25) is 5.73 Å². The van der Waals surface area contributed by atoms with Crippen molar-refractivity contribution in [3.63, 3.8) is 0 Å². The summed E-state index contributed by atoms with van der Waals surface area (Å²) in [5, 5.41) is 0.240. The minimum Gasteiger partial charge on any atom is -0.431 e. The third kappa shape index (κ3) is 3.63. The van der Waals surface area contributed by atoms with Crippen molar-refractivity contribution in [3.05, 3.63) is 54.3 Å². The van der Waals surface area contributed by atoms with Gasteiger partial charge in [0.05, 0.1) is 0 Å². The Morgan fingerprint density at radius 1 is 1.35 bits per heavy atom. The Labute approximate surface area is 139 Å². The molecule has 0 spiro atoms. The quantitative estimate of drug-likeness (QED) is 0.855. The van der Waals surface area contributed by atoms with E-state index in [1.807, 2.05) is 43.3 Å². The number of allylic oxidation sites excluding steroid dienone is 4. The molecule has 0 radical (unpaired) electrons. The number of thioether (sulfide) groups is 1. The van der Waals surface area contributed by atoms with E-state index in [0.717, 1.165) is 35.4 Å². The van der Waals surface area contributed by atoms with Gasteiger partial charge in [-0.25, -0.2) is 9.78 Å². The fourth-order valence-electron chi connectivity index (χ4n) is 2.37. The molecule has 0 bridgehead atoms. The Bertz CT molecular complexity index is 763. The molecule has 1 aromatic carbocycles. The highest BCUT2D eigenvalue weighted by Crippen LogP contribution is 2.36. The summed E-state index contributed by atoms with van der Waals surface area (Å²) < 4.78 is 6.00. The minimum absolute atomic E-state index is 0.129. The third-order valence-corrected chi connectivity index (χ3v) is 4.68. The van der Waals surface area contributed by atoms with E-state index in [1.165, 1.54) is 11.8 Å². The Morgan fingerprint density at radius 3 is 2.78 bits per heavy atom. The predicted octanol–water partition coefficient (Wildman–Crippen LogP) is 3.32. The average molecular weight is 327 g/mol. The summed E-state index contributed by atoms with van der Waals surface area (Å²) >= 11 is 1.31. The first-order valence-corrected chi connectivity index (χ1v) is 8.48. The van der Waals surface area contributed by atoms with Crippen molar-refractivity contribution in [1.82, 2.24) is 4.98 Å². The molecule has 5 heteroatoms. The van der Waals surface area contributed by atoms with Crippen LogP contribution in [0.4, 0.5) is 0 Å². The zero-order valence-corrected chi connectivity index (χ0v) is 13.8. The van der Waals surface area contributed by atoms with Crippen LogP contribution in [0.2, 0.25) is 0 Å². The monoisotopic (exact) mass is 327 g/mol. The van der Waals surface area contributed by atoms with Crippen LogP contribution in [-0.4, -0.2) is 16.1 Å². The Hall–Kier alpha value is -2.11. The van der Waals surface area contributed by atoms with Gasteiger partial charge in [-0.05, 0) is 37.1 Å². The van der Waals surface area contributed by atoms with E-state index in [0.29, 0.717) is 5.22 Å². The lowest BCUT2D eigenvalue weighted by atomic mass is 9.99. The molecule has 1 atom stereocenters. The van der Waals surface area contributed by atoms with Crippen molar-refractivity contribution in [2.45, 2.75) is 30.2 Å². The molecule has 1 heterocycles. The summed E-state index contributed by atoms with van der Waals surface area (Å²) in [5.41, 5.74) is 6.45. The number of nitrogens with zero attached hydrogens (tertiary/aromatic N) is 1. The van der Waals surface area contributed by atoms with Crippen LogP contribution >= 0.6 is 11.8 Å². The largest absolute Gasteiger partial charge is 0.431 e. The Balaban J connectivity index is 2.02. The molecule has 0 saturated carbocycles. The second-order valence-electron chi connectivity index (χ2n) is 5.41. The summed E-state index contributed by atoms with van der Waals surface area (Å²) in [6.45, 7) is 1.81. The molecular weight excluding hydrogens is 308 g/mol. The number of carbonyl (C=O) groups is 1. The fourth-order valence-corrected chi connectivity index (χ4v) is 3.08. The van der Waals surface area contributed by atoms with Crippen molar-refractivity contribution in [1.29, 1.82) is 0 Å². The number of benzene rings is 1. The van der Waals surface area contributed by atoms with Crippen LogP contribution in [0.1, 0.15) is 25.5 Å². The van der Waals surface area contributed by atoms with Crippen LogP contribution in [0.15, 0.2) is 58.2 Å². The molecule has 1 aromatic heterocycles. The van der Waals surface area contributed by atoms with Crippen molar-refractivity contribution >= 4 is 23.2 Å². The molecule has 1 unspecified atom stereocenters. The van der Waals surface area contributed by atoms with Gasteiger partial charge in [-0.1, -0.05) is 48.6 Å². The molecular formula is C18H19N2O2S+. The lowest BCUT2D eigenvalue weighted by molar-refractivity contribution is -0.304. The van der Waals surface area contributed by atoms with E-state index in [-0.39, 0.29) is 11.2 Å². The van der Waals surface area contributed by atoms with Crippen LogP contribution in [0.3, 0.4) is 0 Å². The van der Waals surface area contributed by atoms with E-state index in [2.05, 4.69) is 22.9 Å². The van der Waals surface area contributed by atoms with Crippen molar-refractivity contribution < 1.29 is 14.9 Å². The highest BCUT2D eigenvalue weighted by Gasteiger charge is 2.23. The van der Waals surface area contributed by atoms with Gasteiger partial charge in [0.15, 0.2) is 5.76 Å². The zero-order valence-electron chi connectivity index (χ0n) is 13.0. The topological polar surface area (TPSA) is 70.7 Å². The second-order valence-corrected chi connectivity index (χ2v) is 6.70. The maximum Gasteiger partial charge on any atom is 0.322 e. The van der Waals surface area contributed by atoms with Gasteiger partial charge < -0.3 is 4.42 Å². The number of hydrogen-bond donors (Lipinski definition) is 1. The van der Waals surface area contributed by atoms with E-state index in [1.54, 1.807) is 0 Å². The molecule has 4 nitrogen and oxygen atoms in total. The lowest BCUT2D eigenvalue weighted by Gasteiger charge is -2.07. The number of amides is 1. The molecule has 3 rings (SSSR count). The average Bonchev–Trinajstić information content (AvgIpc) is 3.00. The standard InChI is InChI=1S/C18H18N2O2S/c1-12(17(19)21)23-18-20-15(13-8-4-2-5-9-13)16(22-18)14-10-6-3-7-11-14/h2-6,8-10,12H,7,11H2,1H3,(H2,19,21)/p+1. The van der Waals surface area contributed by atoms with Crippen LogP contribution < -0.4 is 5.73 Å². The number of aromatic nitrogens is 1. The van der Waals surface area contributed by atoms with Gasteiger partial charge >= 0.3 is 5.91 Å². The molecule has 2 aromatic rings. The van der Waals surface area contributed by atoms with Gasteiger partial charge in [-0.2, -0.15) is 0 Å². The molecule has 0 saturated heterocycles. The van der Waals surface area contributed by atoms with Crippen molar-refractivity contribution in [3.8, 4) is 11.3 Å². The maximum absolute atomic E-state index is 11.4. The number of hydrogen-bond acceptors (Lipinski definition) is 4. The molecule has 1 aliphatic carbocycles. The fraction of sp³-hybridized carbons (Fsp3) is 0.222. The summed E-state index contributed by atoms with van der Waals surface area (Å²) in [6, 6.07) is 9.98. The molecule has 1 aliphatic rings. The number of carbonyl (C=O) groups excluding carboxylic acids is 1. The number of rotatable bonds is 5. The van der Waals surface area contributed by atoms with E-state index in [4.69, 9.17) is 4.42 Å². The predicted molar refractivity (Wildman–Crippen MR) is 91.5 cm³/mol. The van der Waals surface area contributed by atoms with Crippen molar-refractivity contribution in [2.75, 3.05) is 0 Å². The first-order chi connectivity index (χ1) is 11.1. The van der Waals surface area contributed by atoms with Crippen LogP contribution in [-0.2, 0) is 4.79 Å². The first kappa shape index (κ1) is 15.8. The van der Waals surface area contributed by atoms with Gasteiger partial charge in [0.1, 0.15) is 10.9 Å². The molecule has 118 valence electrons. The van der Waals surface area contributed by atoms with Gasteiger partial charge in [0.25, 0.3) is 5.22 Å². The second kappa shape index (κ2) is 6.98. The zero-order chi connectivity index (χ0) is 16.2. The third-order valence-electron chi connectivity index (χ3n) is 3.69. The molecule has 23 heavy (non-hydrogen) atoms. The van der Waals surface area contributed by atoms with Crippen LogP contribution in [0.25, 0.3) is 16.8 Å². The normalized spacial score (nSPS) is 15.3. The van der Waals surface area contributed by atoms with Crippen molar-refractivity contribution in [2.24, 2.45) is 0 Å². The van der Waals surface area contributed by atoms with Gasteiger partial charge in [-0.15, -0.1) is 0 Å². The summed E-state index contributed by atoms with van der Waals surface area (Å²) in [5.74, 6) is 0.669. The van der Waals surface area contributed by atoms with E-state index in [9.17, 15) is 4.79 Å². The molecule has 0 aliphatic heterocycles. The first-order valence-electron chi connectivity index (χ1n) is 7.60. The summed E-state index contributed by atoms with van der Waals surface area (Å²) in [4.78, 5) is 16.0. The SMILES string of the molecule is CC(Sc1nc(-c2ccccc2)c(C2=CC=CCC2)o1)C([NH3+])=O. The Morgan fingerprint density at radius 2 is 2.13 bits per heavy atom. The number of quaternary nitrogens is 1. The lowest BCUT2D eigenvalue weighted by Crippen LogP contribution is -2.60. The van der Waals surface area contributed by atoms with E-state index >= 15 is 0 Å². The van der Waals surface area contributed by atoms with Crippen LogP contribution in [0.5, 0.6) is 0 Å². The molecule has 3 N–H and O–H groups in total.